The van der Waals surface area contributed by atoms with Crippen molar-refractivity contribution in [3.05, 3.63) is 53.8 Å². The van der Waals surface area contributed by atoms with Gasteiger partial charge >= 0.3 is 0 Å². The van der Waals surface area contributed by atoms with Crippen molar-refractivity contribution < 1.29 is 18.8 Å². The van der Waals surface area contributed by atoms with Crippen LogP contribution in [0.2, 0.25) is 0 Å². The molecule has 172 valence electrons. The molecule has 2 aromatic carbocycles. The quantitative estimate of drug-likeness (QED) is 0.466. The van der Waals surface area contributed by atoms with Crippen LogP contribution in [0, 0.1) is 5.82 Å². The Bertz CT molecular complexity index is 1190. The number of hydrogen-bond acceptors (Lipinski definition) is 6. The van der Waals surface area contributed by atoms with Crippen LogP contribution in [0.15, 0.2) is 42.5 Å². The molecule has 1 saturated heterocycles. The van der Waals surface area contributed by atoms with Gasteiger partial charge in [-0.2, -0.15) is 0 Å². The number of imide groups is 1. The van der Waals surface area contributed by atoms with E-state index in [0.29, 0.717) is 39.7 Å². The highest BCUT2D eigenvalue weighted by Crippen LogP contribution is 2.31. The fourth-order valence-electron chi connectivity index (χ4n) is 3.87. The van der Waals surface area contributed by atoms with Crippen LogP contribution < -0.4 is 9.80 Å². The lowest BCUT2D eigenvalue weighted by molar-refractivity contribution is -0.121. The highest BCUT2D eigenvalue weighted by Gasteiger charge is 2.31. The number of carbonyl (C=O) groups excluding carboxylic acids is 3. The summed E-state index contributed by atoms with van der Waals surface area (Å²) in [5, 5.41) is 0.478. The van der Waals surface area contributed by atoms with E-state index >= 15 is 0 Å². The fourth-order valence-corrected chi connectivity index (χ4v) is 4.88. The van der Waals surface area contributed by atoms with Crippen LogP contribution in [0.25, 0.3) is 10.2 Å². The van der Waals surface area contributed by atoms with Gasteiger partial charge < -0.3 is 4.90 Å². The molecule has 0 spiro atoms. The van der Waals surface area contributed by atoms with Crippen molar-refractivity contribution in [3.8, 4) is 0 Å². The van der Waals surface area contributed by atoms with Gasteiger partial charge in [-0.3, -0.25) is 24.2 Å². The summed E-state index contributed by atoms with van der Waals surface area (Å²) in [7, 11) is 0. The smallest absolute Gasteiger partial charge is 0.260 e. The van der Waals surface area contributed by atoms with E-state index in [1.807, 2.05) is 0 Å². The first-order valence-corrected chi connectivity index (χ1v) is 11.8. The normalized spacial score (nSPS) is 14.0. The summed E-state index contributed by atoms with van der Waals surface area (Å²) in [6, 6.07) is 10.9. The highest BCUT2D eigenvalue weighted by molar-refractivity contribution is 7.22. The molecule has 7 nitrogen and oxygen atoms in total. The SMILES string of the molecule is CCN(CC)CCN(C(=O)c1cccc(N2C(=O)CCC2=O)c1)c1nc2ccc(F)cc2s1. The number of carbonyl (C=O) groups is 3. The van der Waals surface area contributed by atoms with E-state index in [9.17, 15) is 18.8 Å². The van der Waals surface area contributed by atoms with Gasteiger partial charge in [0.2, 0.25) is 11.8 Å². The van der Waals surface area contributed by atoms with Gasteiger partial charge in [0.05, 0.1) is 15.9 Å². The largest absolute Gasteiger partial charge is 0.302 e. The van der Waals surface area contributed by atoms with Crippen molar-refractivity contribution in [2.45, 2.75) is 26.7 Å². The van der Waals surface area contributed by atoms with Gasteiger partial charge in [0, 0.05) is 31.5 Å². The molecule has 1 aliphatic heterocycles. The molecule has 9 heteroatoms. The van der Waals surface area contributed by atoms with Crippen molar-refractivity contribution in [1.82, 2.24) is 9.88 Å². The third kappa shape index (κ3) is 4.79. The second-order valence-electron chi connectivity index (χ2n) is 7.77. The first-order chi connectivity index (χ1) is 15.9. The van der Waals surface area contributed by atoms with E-state index in [1.54, 1.807) is 35.2 Å². The molecule has 0 bridgehead atoms. The number of anilines is 2. The molecule has 2 heterocycles. The molecule has 0 N–H and O–H groups in total. The molecule has 0 aliphatic carbocycles. The van der Waals surface area contributed by atoms with E-state index in [1.165, 1.54) is 23.5 Å². The summed E-state index contributed by atoms with van der Waals surface area (Å²) >= 11 is 1.26. The van der Waals surface area contributed by atoms with Gasteiger partial charge in [-0.1, -0.05) is 31.3 Å². The van der Waals surface area contributed by atoms with E-state index in [0.717, 1.165) is 18.0 Å². The first-order valence-electron chi connectivity index (χ1n) is 11.0. The lowest BCUT2D eigenvalue weighted by Gasteiger charge is -2.25. The van der Waals surface area contributed by atoms with Gasteiger partial charge in [0.15, 0.2) is 5.13 Å². The number of hydrogen-bond donors (Lipinski definition) is 0. The summed E-state index contributed by atoms with van der Waals surface area (Å²) in [6.07, 6.45) is 0.352. The average molecular weight is 469 g/mol. The van der Waals surface area contributed by atoms with Crippen molar-refractivity contribution >= 4 is 50.1 Å². The van der Waals surface area contributed by atoms with Crippen LogP contribution in [0.3, 0.4) is 0 Å². The zero-order valence-corrected chi connectivity index (χ0v) is 19.4. The number of amides is 3. The molecular formula is C24H25FN4O3S. The Morgan fingerprint density at radius 3 is 2.48 bits per heavy atom. The molecule has 4 rings (SSSR count). The zero-order chi connectivity index (χ0) is 23.5. The van der Waals surface area contributed by atoms with Crippen molar-refractivity contribution in [3.63, 3.8) is 0 Å². The number of nitrogens with zero attached hydrogens (tertiary/aromatic N) is 4. The Kier molecular flexibility index (Phi) is 6.80. The Morgan fingerprint density at radius 1 is 1.06 bits per heavy atom. The molecule has 3 amide bonds. The molecule has 0 radical (unpaired) electrons. The number of aromatic nitrogens is 1. The lowest BCUT2D eigenvalue weighted by Crippen LogP contribution is -2.39. The molecule has 1 aliphatic rings. The van der Waals surface area contributed by atoms with Gasteiger partial charge in [-0.25, -0.2) is 9.37 Å². The molecule has 1 aromatic heterocycles. The zero-order valence-electron chi connectivity index (χ0n) is 18.6. The second kappa shape index (κ2) is 9.76. The van der Waals surface area contributed by atoms with Crippen LogP contribution in [-0.4, -0.2) is 53.8 Å². The van der Waals surface area contributed by atoms with Crippen LogP contribution in [-0.2, 0) is 9.59 Å². The van der Waals surface area contributed by atoms with Gasteiger partial charge in [0.25, 0.3) is 5.91 Å². The van der Waals surface area contributed by atoms with Crippen molar-refractivity contribution in [2.75, 3.05) is 36.0 Å². The molecule has 33 heavy (non-hydrogen) atoms. The second-order valence-corrected chi connectivity index (χ2v) is 8.77. The average Bonchev–Trinajstić information content (AvgIpc) is 3.38. The molecule has 1 fully saturated rings. The molecule has 0 saturated carbocycles. The Balaban J connectivity index is 1.68. The minimum absolute atomic E-state index is 0.176. The van der Waals surface area contributed by atoms with Crippen LogP contribution in [0.4, 0.5) is 15.2 Å². The lowest BCUT2D eigenvalue weighted by atomic mass is 10.1. The van der Waals surface area contributed by atoms with Crippen LogP contribution in [0.5, 0.6) is 0 Å². The number of halogens is 1. The number of likely N-dealkylation sites (N-methyl/N-ethyl adjacent to an activating group) is 1. The topological polar surface area (TPSA) is 73.8 Å². The molecular weight excluding hydrogens is 443 g/mol. The maximum Gasteiger partial charge on any atom is 0.260 e. The summed E-state index contributed by atoms with van der Waals surface area (Å²) in [4.78, 5) is 47.4. The summed E-state index contributed by atoms with van der Waals surface area (Å²) in [5.41, 5.74) is 1.37. The maximum absolute atomic E-state index is 13.7. The monoisotopic (exact) mass is 468 g/mol. The minimum atomic E-state index is -0.355. The van der Waals surface area contributed by atoms with E-state index in [2.05, 4.69) is 23.7 Å². The third-order valence-corrected chi connectivity index (χ3v) is 6.79. The molecule has 0 atom stereocenters. The van der Waals surface area contributed by atoms with E-state index in [4.69, 9.17) is 0 Å². The van der Waals surface area contributed by atoms with Gasteiger partial charge in [-0.15, -0.1) is 0 Å². The number of rotatable bonds is 8. The minimum Gasteiger partial charge on any atom is -0.302 e. The number of benzene rings is 2. The van der Waals surface area contributed by atoms with Gasteiger partial charge in [0.1, 0.15) is 5.82 Å². The summed E-state index contributed by atoms with van der Waals surface area (Å²) in [5.74, 6) is -1.18. The van der Waals surface area contributed by atoms with Crippen LogP contribution >= 0.6 is 11.3 Å². The number of fused-ring (bicyclic) bond motifs is 1. The molecule has 3 aromatic rings. The van der Waals surface area contributed by atoms with Crippen molar-refractivity contribution in [2.24, 2.45) is 0 Å². The summed E-state index contributed by atoms with van der Waals surface area (Å²) in [6.45, 7) is 6.85. The van der Waals surface area contributed by atoms with Gasteiger partial charge in [-0.05, 0) is 49.5 Å². The maximum atomic E-state index is 13.7. The highest BCUT2D eigenvalue weighted by atomic mass is 32.1. The van der Waals surface area contributed by atoms with Crippen molar-refractivity contribution in [1.29, 1.82) is 0 Å². The predicted molar refractivity (Wildman–Crippen MR) is 127 cm³/mol. The van der Waals surface area contributed by atoms with E-state index < -0.39 is 0 Å². The molecule has 0 unspecified atom stereocenters. The fraction of sp³-hybridized carbons (Fsp3) is 0.333. The number of thiazole rings is 1. The predicted octanol–water partition coefficient (Wildman–Crippen LogP) is 4.08. The third-order valence-electron chi connectivity index (χ3n) is 5.75. The van der Waals surface area contributed by atoms with E-state index in [-0.39, 0.29) is 36.4 Å². The standard InChI is InChI=1S/C24H25FN4O3S/c1-3-27(4-2)12-13-28(24-26-19-9-8-17(25)15-20(19)33-24)23(32)16-6-5-7-18(14-16)29-21(30)10-11-22(29)31/h5-9,14-15H,3-4,10-13H2,1-2H3. The first kappa shape index (κ1) is 23.0. The Morgan fingerprint density at radius 2 is 1.79 bits per heavy atom. The summed E-state index contributed by atoms with van der Waals surface area (Å²) < 4.78 is 14.4. The van der Waals surface area contributed by atoms with Crippen LogP contribution in [0.1, 0.15) is 37.0 Å². The Hall–Kier alpha value is -3.17. The Labute approximate surface area is 195 Å².